The number of carbonyl (C=O) groups is 1. The minimum atomic E-state index is -0.362. The van der Waals surface area contributed by atoms with Crippen molar-refractivity contribution < 1.29 is 19.1 Å². The van der Waals surface area contributed by atoms with Crippen LogP contribution in [0.5, 0.6) is 0 Å². The van der Waals surface area contributed by atoms with Crippen LogP contribution in [0.15, 0.2) is 79.4 Å². The van der Waals surface area contributed by atoms with Crippen molar-refractivity contribution in [2.45, 2.75) is 26.0 Å². The molecular formula is C27H30FN3O3. The Kier molecular flexibility index (Phi) is 9.64. The summed E-state index contributed by atoms with van der Waals surface area (Å²) in [5.74, 6) is -0.724. The van der Waals surface area contributed by atoms with Crippen molar-refractivity contribution in [3.63, 3.8) is 0 Å². The maximum absolute atomic E-state index is 14.3. The molecule has 7 heteroatoms. The molecule has 0 aliphatic rings. The first-order chi connectivity index (χ1) is 16.6. The van der Waals surface area contributed by atoms with E-state index in [2.05, 4.69) is 22.7 Å². The number of hydroxylamine groups is 1. The maximum Gasteiger partial charge on any atom is 0.276 e. The molecule has 0 heterocycles. The molecule has 0 radical (unpaired) electrons. The number of rotatable bonds is 13. The van der Waals surface area contributed by atoms with Gasteiger partial charge in [0.05, 0.1) is 12.2 Å². The van der Waals surface area contributed by atoms with E-state index in [4.69, 9.17) is 9.94 Å². The highest BCUT2D eigenvalue weighted by Crippen LogP contribution is 2.20. The van der Waals surface area contributed by atoms with Gasteiger partial charge < -0.3 is 15.7 Å². The normalized spacial score (nSPS) is 10.5. The molecule has 34 heavy (non-hydrogen) atoms. The van der Waals surface area contributed by atoms with E-state index in [9.17, 15) is 9.18 Å². The molecule has 0 aromatic heterocycles. The van der Waals surface area contributed by atoms with Crippen molar-refractivity contribution >= 4 is 17.3 Å². The number of hydrogen-bond donors (Lipinski definition) is 4. The number of nitrogens with one attached hydrogen (secondary N) is 3. The van der Waals surface area contributed by atoms with Crippen LogP contribution in [0.2, 0.25) is 0 Å². The first kappa shape index (κ1) is 25.0. The molecule has 1 amide bonds. The van der Waals surface area contributed by atoms with Crippen LogP contribution in [0, 0.1) is 5.82 Å². The fourth-order valence-electron chi connectivity index (χ4n) is 3.33. The Balaban J connectivity index is 1.59. The van der Waals surface area contributed by atoms with Crippen LogP contribution in [-0.2, 0) is 18.0 Å². The molecule has 178 valence electrons. The lowest BCUT2D eigenvalue weighted by atomic mass is 10.1. The number of hydrogen-bond acceptors (Lipinski definition) is 5. The van der Waals surface area contributed by atoms with E-state index in [0.717, 1.165) is 17.5 Å². The fraction of sp³-hybridized carbons (Fsp3) is 0.222. The lowest BCUT2D eigenvalue weighted by Crippen LogP contribution is -2.24. The van der Waals surface area contributed by atoms with Gasteiger partial charge in [0.15, 0.2) is 0 Å². The number of aliphatic hydroxyl groups is 1. The molecule has 4 N–H and O–H groups in total. The third-order valence-electron chi connectivity index (χ3n) is 5.18. The molecule has 3 aromatic rings. The van der Waals surface area contributed by atoms with Crippen LogP contribution < -0.4 is 16.1 Å². The molecule has 0 saturated heterocycles. The van der Waals surface area contributed by atoms with Gasteiger partial charge in [-0.15, -0.1) is 0 Å². The van der Waals surface area contributed by atoms with Crippen molar-refractivity contribution in [1.82, 2.24) is 10.8 Å². The molecule has 0 aliphatic carbocycles. The molecule has 3 rings (SSSR count). The van der Waals surface area contributed by atoms with Gasteiger partial charge in [-0.25, -0.2) is 9.87 Å². The Labute approximate surface area is 199 Å². The SMILES string of the molecule is C=C(NCCCCO)c1cc(CNc2ccccc2C(=O)NOCc2ccccc2)ccc1F. The zero-order valence-electron chi connectivity index (χ0n) is 19.0. The Hall–Kier alpha value is -3.68. The van der Waals surface area contributed by atoms with E-state index in [1.165, 1.54) is 6.07 Å². The topological polar surface area (TPSA) is 82.6 Å². The van der Waals surface area contributed by atoms with Crippen LogP contribution in [0.3, 0.4) is 0 Å². The number of halogens is 1. The Morgan fingerprint density at radius 1 is 0.941 bits per heavy atom. The third-order valence-corrected chi connectivity index (χ3v) is 5.18. The second kappa shape index (κ2) is 13.1. The van der Waals surface area contributed by atoms with Gasteiger partial charge in [0.2, 0.25) is 0 Å². The first-order valence-corrected chi connectivity index (χ1v) is 11.2. The van der Waals surface area contributed by atoms with Gasteiger partial charge >= 0.3 is 0 Å². The van der Waals surface area contributed by atoms with Crippen LogP contribution in [0.25, 0.3) is 5.70 Å². The summed E-state index contributed by atoms with van der Waals surface area (Å²) in [6, 6.07) is 21.5. The number of benzene rings is 3. The number of aliphatic hydroxyl groups excluding tert-OH is 1. The van der Waals surface area contributed by atoms with E-state index >= 15 is 0 Å². The second-order valence-electron chi connectivity index (χ2n) is 7.75. The fourth-order valence-corrected chi connectivity index (χ4v) is 3.33. The lowest BCUT2D eigenvalue weighted by Gasteiger charge is -2.14. The number of amides is 1. The Bertz CT molecular complexity index is 1090. The lowest BCUT2D eigenvalue weighted by molar-refractivity contribution is 0.0234. The molecule has 0 aliphatic heterocycles. The summed E-state index contributed by atoms with van der Waals surface area (Å²) >= 11 is 0. The summed E-state index contributed by atoms with van der Waals surface area (Å²) in [5.41, 5.74) is 6.23. The van der Waals surface area contributed by atoms with Gasteiger partial charge in [-0.3, -0.25) is 9.63 Å². The molecule has 3 aromatic carbocycles. The highest BCUT2D eigenvalue weighted by atomic mass is 19.1. The van der Waals surface area contributed by atoms with Gasteiger partial charge in [0.25, 0.3) is 5.91 Å². The van der Waals surface area contributed by atoms with Crippen molar-refractivity contribution in [3.05, 3.63) is 107 Å². The van der Waals surface area contributed by atoms with E-state index in [1.54, 1.807) is 30.3 Å². The molecule has 6 nitrogen and oxygen atoms in total. The van der Waals surface area contributed by atoms with Gasteiger partial charge in [-0.1, -0.05) is 55.1 Å². The van der Waals surface area contributed by atoms with E-state index < -0.39 is 0 Å². The molecule has 0 bridgehead atoms. The molecule has 0 saturated carbocycles. The summed E-state index contributed by atoms with van der Waals surface area (Å²) < 4.78 is 14.3. The predicted octanol–water partition coefficient (Wildman–Crippen LogP) is 4.63. The smallest absolute Gasteiger partial charge is 0.276 e. The minimum absolute atomic E-state index is 0.127. The molecular weight excluding hydrogens is 433 g/mol. The van der Waals surface area contributed by atoms with Crippen molar-refractivity contribution in [3.8, 4) is 0 Å². The van der Waals surface area contributed by atoms with Crippen LogP contribution in [-0.4, -0.2) is 24.2 Å². The Morgan fingerprint density at radius 2 is 1.71 bits per heavy atom. The average molecular weight is 464 g/mol. The van der Waals surface area contributed by atoms with E-state index in [-0.39, 0.29) is 24.9 Å². The maximum atomic E-state index is 14.3. The highest BCUT2D eigenvalue weighted by Gasteiger charge is 2.12. The van der Waals surface area contributed by atoms with Gasteiger partial charge in [-0.2, -0.15) is 0 Å². The van der Waals surface area contributed by atoms with E-state index in [0.29, 0.717) is 42.0 Å². The molecule has 0 spiro atoms. The zero-order valence-corrected chi connectivity index (χ0v) is 19.0. The van der Waals surface area contributed by atoms with Gasteiger partial charge in [0, 0.05) is 36.6 Å². The molecule has 0 fully saturated rings. The van der Waals surface area contributed by atoms with E-state index in [1.807, 2.05) is 36.4 Å². The quantitative estimate of drug-likeness (QED) is 0.219. The zero-order chi connectivity index (χ0) is 24.2. The van der Waals surface area contributed by atoms with Crippen LogP contribution in [0.4, 0.5) is 10.1 Å². The minimum Gasteiger partial charge on any atom is -0.396 e. The number of unbranched alkanes of at least 4 members (excludes halogenated alkanes) is 1. The summed E-state index contributed by atoms with van der Waals surface area (Å²) in [4.78, 5) is 18.0. The summed E-state index contributed by atoms with van der Waals surface area (Å²) in [6.45, 7) is 5.32. The number of anilines is 1. The van der Waals surface area contributed by atoms with Gasteiger partial charge in [0.1, 0.15) is 5.82 Å². The summed E-state index contributed by atoms with van der Waals surface area (Å²) in [6.07, 6.45) is 1.45. The highest BCUT2D eigenvalue weighted by molar-refractivity contribution is 5.99. The number of para-hydroxylation sites is 1. The molecule has 0 atom stereocenters. The van der Waals surface area contributed by atoms with Crippen molar-refractivity contribution in [2.75, 3.05) is 18.5 Å². The third kappa shape index (κ3) is 7.43. The van der Waals surface area contributed by atoms with Gasteiger partial charge in [-0.05, 0) is 48.2 Å². The predicted molar refractivity (Wildman–Crippen MR) is 132 cm³/mol. The summed E-state index contributed by atoms with van der Waals surface area (Å²) in [5, 5.41) is 15.2. The largest absolute Gasteiger partial charge is 0.396 e. The average Bonchev–Trinajstić information content (AvgIpc) is 2.86. The first-order valence-electron chi connectivity index (χ1n) is 11.2. The summed E-state index contributed by atoms with van der Waals surface area (Å²) in [7, 11) is 0. The monoisotopic (exact) mass is 463 g/mol. The van der Waals surface area contributed by atoms with Crippen LogP contribution in [0.1, 0.15) is 39.9 Å². The van der Waals surface area contributed by atoms with Crippen LogP contribution >= 0.6 is 0 Å². The Morgan fingerprint density at radius 3 is 2.50 bits per heavy atom. The number of carbonyl (C=O) groups excluding carboxylic acids is 1. The molecule has 0 unspecified atom stereocenters. The van der Waals surface area contributed by atoms with Crippen molar-refractivity contribution in [2.24, 2.45) is 0 Å². The van der Waals surface area contributed by atoms with Crippen molar-refractivity contribution in [1.29, 1.82) is 0 Å². The second-order valence-corrected chi connectivity index (χ2v) is 7.75. The standard InChI is InChI=1S/C27H30FN3O3/c1-20(29-15-7-8-16-32)24-17-22(13-14-25(24)28)18-30-26-12-6-5-11-23(26)27(33)31-34-19-21-9-3-2-4-10-21/h2-6,9-14,17,29-30,32H,1,7-8,15-16,18-19H2,(H,31,33).